The Morgan fingerprint density at radius 3 is 2.37 bits per heavy atom. The van der Waals surface area contributed by atoms with Crippen molar-refractivity contribution in [2.75, 3.05) is 0 Å². The number of benzene rings is 2. The van der Waals surface area contributed by atoms with Crippen LogP contribution in [0.4, 0.5) is 13.2 Å². The molecule has 2 aliphatic carbocycles. The molecule has 0 aromatic heterocycles. The SMILES string of the molecule is CCCC1CCC(c2cc(F)c(C3=CCc4c(ccc(C#N)c4F)C3)c(F)c2)CC1. The molecule has 156 valence electrons. The van der Waals surface area contributed by atoms with E-state index < -0.39 is 17.5 Å². The van der Waals surface area contributed by atoms with Gasteiger partial charge in [0.1, 0.15) is 23.5 Å². The van der Waals surface area contributed by atoms with Crippen molar-refractivity contribution in [3.8, 4) is 6.07 Å². The average molecular weight is 409 g/mol. The van der Waals surface area contributed by atoms with Gasteiger partial charge in [-0.15, -0.1) is 0 Å². The maximum absolute atomic E-state index is 15.0. The van der Waals surface area contributed by atoms with Gasteiger partial charge in [-0.3, -0.25) is 0 Å². The van der Waals surface area contributed by atoms with Crippen molar-refractivity contribution >= 4 is 5.57 Å². The number of halogens is 3. The topological polar surface area (TPSA) is 23.8 Å². The van der Waals surface area contributed by atoms with Gasteiger partial charge in [0.25, 0.3) is 0 Å². The van der Waals surface area contributed by atoms with Crippen LogP contribution in [-0.4, -0.2) is 0 Å². The van der Waals surface area contributed by atoms with Crippen molar-refractivity contribution in [1.29, 1.82) is 5.26 Å². The predicted molar refractivity (Wildman–Crippen MR) is 112 cm³/mol. The Hall–Kier alpha value is -2.54. The van der Waals surface area contributed by atoms with E-state index in [1.807, 2.05) is 6.07 Å². The fourth-order valence-electron chi connectivity index (χ4n) is 5.15. The number of hydrogen-bond donors (Lipinski definition) is 0. The minimum Gasteiger partial charge on any atom is -0.206 e. The lowest BCUT2D eigenvalue weighted by atomic mass is 9.77. The first-order chi connectivity index (χ1) is 14.5. The molecule has 2 aromatic carbocycles. The molecule has 1 nitrogen and oxygen atoms in total. The van der Waals surface area contributed by atoms with Crippen LogP contribution in [0.2, 0.25) is 0 Å². The highest BCUT2D eigenvalue weighted by molar-refractivity contribution is 5.72. The van der Waals surface area contributed by atoms with E-state index in [2.05, 4.69) is 6.92 Å². The summed E-state index contributed by atoms with van der Waals surface area (Å²) in [5.41, 5.74) is 2.42. The highest BCUT2D eigenvalue weighted by Crippen LogP contribution is 2.40. The van der Waals surface area contributed by atoms with Gasteiger partial charge < -0.3 is 0 Å². The first-order valence-electron chi connectivity index (χ1n) is 10.9. The quantitative estimate of drug-likeness (QED) is 0.522. The monoisotopic (exact) mass is 409 g/mol. The van der Waals surface area contributed by atoms with E-state index >= 15 is 8.78 Å². The molecule has 0 radical (unpaired) electrons. The van der Waals surface area contributed by atoms with Crippen molar-refractivity contribution in [3.63, 3.8) is 0 Å². The summed E-state index contributed by atoms with van der Waals surface area (Å²) in [5, 5.41) is 8.99. The number of nitrogens with zero attached hydrogens (tertiary/aromatic N) is 1. The molecule has 0 bridgehead atoms. The lowest BCUT2D eigenvalue weighted by Crippen LogP contribution is -2.14. The molecular weight excluding hydrogens is 383 g/mol. The third kappa shape index (κ3) is 3.90. The Bertz CT molecular complexity index is 1000. The molecule has 0 saturated heterocycles. The van der Waals surface area contributed by atoms with E-state index in [9.17, 15) is 4.39 Å². The minimum absolute atomic E-state index is 0.000900. The molecule has 0 spiro atoms. The molecule has 0 amide bonds. The summed E-state index contributed by atoms with van der Waals surface area (Å²) in [6, 6.07) is 7.95. The lowest BCUT2D eigenvalue weighted by molar-refractivity contribution is 0.307. The van der Waals surface area contributed by atoms with E-state index in [1.165, 1.54) is 31.0 Å². The Kier molecular flexibility index (Phi) is 5.99. The zero-order chi connectivity index (χ0) is 21.3. The van der Waals surface area contributed by atoms with Gasteiger partial charge in [-0.2, -0.15) is 5.26 Å². The zero-order valence-electron chi connectivity index (χ0n) is 17.3. The average Bonchev–Trinajstić information content (AvgIpc) is 2.74. The molecule has 0 unspecified atom stereocenters. The van der Waals surface area contributed by atoms with Gasteiger partial charge in [0.15, 0.2) is 0 Å². The van der Waals surface area contributed by atoms with Crippen LogP contribution in [-0.2, 0) is 12.8 Å². The van der Waals surface area contributed by atoms with Crippen LogP contribution < -0.4 is 0 Å². The fraction of sp³-hybridized carbons (Fsp3) is 0.423. The summed E-state index contributed by atoms with van der Waals surface area (Å²) in [6.07, 6.45) is 8.82. The molecule has 1 saturated carbocycles. The molecule has 2 aliphatic rings. The largest absolute Gasteiger partial charge is 0.206 e. The maximum Gasteiger partial charge on any atom is 0.144 e. The molecule has 4 rings (SSSR count). The van der Waals surface area contributed by atoms with Gasteiger partial charge in [0, 0.05) is 5.56 Å². The molecule has 2 aromatic rings. The van der Waals surface area contributed by atoms with Gasteiger partial charge >= 0.3 is 0 Å². The maximum atomic E-state index is 15.0. The molecule has 0 atom stereocenters. The zero-order valence-corrected chi connectivity index (χ0v) is 17.3. The highest BCUT2D eigenvalue weighted by Gasteiger charge is 2.26. The number of fused-ring (bicyclic) bond motifs is 1. The standard InChI is InChI=1S/C26H26F3N/c1-2-3-16-4-6-17(7-5-16)21-13-23(27)25(24(28)14-21)19-10-11-22-18(12-19)8-9-20(15-30)26(22)29/h8-10,13-14,16-17H,2-7,11-12H2,1H3. The Morgan fingerprint density at radius 2 is 1.73 bits per heavy atom. The van der Waals surface area contributed by atoms with Gasteiger partial charge in [-0.05, 0) is 90.8 Å². The molecule has 4 heteroatoms. The molecule has 0 aliphatic heterocycles. The van der Waals surface area contributed by atoms with Crippen LogP contribution in [0.5, 0.6) is 0 Å². The molecule has 0 N–H and O–H groups in total. The van der Waals surface area contributed by atoms with Crippen LogP contribution in [0.25, 0.3) is 5.57 Å². The van der Waals surface area contributed by atoms with Crippen molar-refractivity contribution in [3.05, 3.63) is 75.6 Å². The Balaban J connectivity index is 1.56. The second kappa shape index (κ2) is 8.68. The highest BCUT2D eigenvalue weighted by atomic mass is 19.1. The summed E-state index contributed by atoms with van der Waals surface area (Å²) in [7, 11) is 0. The van der Waals surface area contributed by atoms with Gasteiger partial charge in [0.05, 0.1) is 5.56 Å². The second-order valence-corrected chi connectivity index (χ2v) is 8.65. The molecule has 1 fully saturated rings. The van der Waals surface area contributed by atoms with Crippen LogP contribution >= 0.6 is 0 Å². The van der Waals surface area contributed by atoms with Gasteiger partial charge in [-0.1, -0.05) is 31.9 Å². The second-order valence-electron chi connectivity index (χ2n) is 8.65. The van der Waals surface area contributed by atoms with E-state index in [0.717, 1.165) is 37.2 Å². The molecular formula is C26H26F3N. The first kappa shape index (κ1) is 20.7. The predicted octanol–water partition coefficient (Wildman–Crippen LogP) is 7.23. The van der Waals surface area contributed by atoms with Gasteiger partial charge in [-0.25, -0.2) is 13.2 Å². The van der Waals surface area contributed by atoms with Crippen molar-refractivity contribution in [2.24, 2.45) is 5.92 Å². The van der Waals surface area contributed by atoms with Crippen LogP contribution in [0.1, 0.15) is 79.2 Å². The number of rotatable bonds is 4. The number of nitriles is 1. The summed E-state index contributed by atoms with van der Waals surface area (Å²) in [6.45, 7) is 2.20. The van der Waals surface area contributed by atoms with Crippen molar-refractivity contribution < 1.29 is 13.2 Å². The normalized spacial score (nSPS) is 21.0. The van der Waals surface area contributed by atoms with Crippen molar-refractivity contribution in [2.45, 2.75) is 64.2 Å². The summed E-state index contributed by atoms with van der Waals surface area (Å²) >= 11 is 0. The van der Waals surface area contributed by atoms with E-state index in [1.54, 1.807) is 12.1 Å². The van der Waals surface area contributed by atoms with Gasteiger partial charge in [0.2, 0.25) is 0 Å². The molecule has 30 heavy (non-hydrogen) atoms. The number of hydrogen-bond acceptors (Lipinski definition) is 1. The van der Waals surface area contributed by atoms with Crippen LogP contribution in [0.15, 0.2) is 30.3 Å². The smallest absolute Gasteiger partial charge is 0.144 e. The summed E-state index contributed by atoms with van der Waals surface area (Å²) in [5.74, 6) is -0.639. The first-order valence-corrected chi connectivity index (χ1v) is 10.9. The summed E-state index contributed by atoms with van der Waals surface area (Å²) in [4.78, 5) is 0. The van der Waals surface area contributed by atoms with E-state index in [-0.39, 0.29) is 29.9 Å². The van der Waals surface area contributed by atoms with E-state index in [4.69, 9.17) is 5.26 Å². The Morgan fingerprint density at radius 1 is 1.03 bits per heavy atom. The third-order valence-electron chi connectivity index (χ3n) is 6.79. The van der Waals surface area contributed by atoms with Crippen LogP contribution in [0.3, 0.4) is 0 Å². The van der Waals surface area contributed by atoms with Crippen molar-refractivity contribution in [1.82, 2.24) is 0 Å². The van der Waals surface area contributed by atoms with E-state index in [0.29, 0.717) is 16.7 Å². The molecule has 0 heterocycles. The lowest BCUT2D eigenvalue weighted by Gasteiger charge is -2.29. The fourth-order valence-corrected chi connectivity index (χ4v) is 5.15. The minimum atomic E-state index is -0.538. The summed E-state index contributed by atoms with van der Waals surface area (Å²) < 4.78 is 44.4. The number of allylic oxidation sites excluding steroid dienone is 2. The third-order valence-corrected chi connectivity index (χ3v) is 6.79. The Labute approximate surface area is 176 Å². The van der Waals surface area contributed by atoms with Crippen LogP contribution in [0, 0.1) is 34.7 Å².